The average Bonchev–Trinajstić information content (AvgIpc) is 2.30. The molecule has 1 aromatic rings. The van der Waals surface area contributed by atoms with Crippen LogP contribution in [0.4, 0.5) is 5.69 Å². The summed E-state index contributed by atoms with van der Waals surface area (Å²) in [6.45, 7) is 2.76. The van der Waals surface area contributed by atoms with Crippen molar-refractivity contribution in [2.45, 2.75) is 44.7 Å². The standard InChI is InChI=1S/C13H17ClN2O2/c1-2-13(6-3-7-13)15-9-10-8-11(16(17)18)4-5-12(10)14/h4-5,8,15H,2-3,6-7,9H2,1H3. The van der Waals surface area contributed by atoms with E-state index in [1.54, 1.807) is 12.1 Å². The van der Waals surface area contributed by atoms with E-state index in [1.165, 1.54) is 25.3 Å². The first kappa shape index (κ1) is 13.3. The maximum Gasteiger partial charge on any atom is 0.269 e. The van der Waals surface area contributed by atoms with Crippen LogP contribution in [0.15, 0.2) is 18.2 Å². The van der Waals surface area contributed by atoms with Crippen molar-refractivity contribution in [3.8, 4) is 0 Å². The van der Waals surface area contributed by atoms with Crippen LogP contribution < -0.4 is 5.32 Å². The molecule has 2 rings (SSSR count). The summed E-state index contributed by atoms with van der Waals surface area (Å²) in [5, 5.41) is 14.8. The highest BCUT2D eigenvalue weighted by molar-refractivity contribution is 6.31. The minimum absolute atomic E-state index is 0.0929. The monoisotopic (exact) mass is 268 g/mol. The molecule has 0 spiro atoms. The van der Waals surface area contributed by atoms with Crippen LogP contribution in [-0.4, -0.2) is 10.5 Å². The molecule has 0 aromatic heterocycles. The van der Waals surface area contributed by atoms with Gasteiger partial charge < -0.3 is 5.32 Å². The van der Waals surface area contributed by atoms with Gasteiger partial charge in [-0.25, -0.2) is 0 Å². The SMILES string of the molecule is CCC1(NCc2cc([N+](=O)[O-])ccc2Cl)CCC1. The lowest BCUT2D eigenvalue weighted by Crippen LogP contribution is -2.49. The first-order chi connectivity index (χ1) is 8.56. The van der Waals surface area contributed by atoms with E-state index in [0.717, 1.165) is 12.0 Å². The molecule has 0 saturated heterocycles. The van der Waals surface area contributed by atoms with Gasteiger partial charge in [-0.2, -0.15) is 0 Å². The van der Waals surface area contributed by atoms with Crippen LogP contribution in [0.5, 0.6) is 0 Å². The summed E-state index contributed by atoms with van der Waals surface area (Å²) < 4.78 is 0. The molecule has 1 aliphatic carbocycles. The molecule has 0 atom stereocenters. The summed E-state index contributed by atoms with van der Waals surface area (Å²) in [4.78, 5) is 10.3. The van der Waals surface area contributed by atoms with Crippen molar-refractivity contribution in [3.05, 3.63) is 38.9 Å². The maximum atomic E-state index is 10.7. The van der Waals surface area contributed by atoms with E-state index in [9.17, 15) is 10.1 Å². The van der Waals surface area contributed by atoms with Crippen molar-refractivity contribution in [2.24, 2.45) is 0 Å². The van der Waals surface area contributed by atoms with Crippen LogP contribution in [0, 0.1) is 10.1 Å². The van der Waals surface area contributed by atoms with Crippen molar-refractivity contribution >= 4 is 17.3 Å². The molecule has 18 heavy (non-hydrogen) atoms. The summed E-state index contributed by atoms with van der Waals surface area (Å²) in [5.74, 6) is 0. The maximum absolute atomic E-state index is 10.7. The Balaban J connectivity index is 2.08. The predicted molar refractivity (Wildman–Crippen MR) is 71.8 cm³/mol. The minimum atomic E-state index is -0.390. The van der Waals surface area contributed by atoms with Gasteiger partial charge in [0.1, 0.15) is 0 Å². The second-order valence-electron chi connectivity index (χ2n) is 4.87. The van der Waals surface area contributed by atoms with Crippen LogP contribution in [0.3, 0.4) is 0 Å². The van der Waals surface area contributed by atoms with E-state index in [4.69, 9.17) is 11.6 Å². The summed E-state index contributed by atoms with van der Waals surface area (Å²) in [5.41, 5.74) is 1.11. The number of halogens is 1. The van der Waals surface area contributed by atoms with Gasteiger partial charge >= 0.3 is 0 Å². The number of nitrogens with zero attached hydrogens (tertiary/aromatic N) is 1. The molecule has 1 saturated carbocycles. The molecule has 1 N–H and O–H groups in total. The second kappa shape index (κ2) is 5.24. The Morgan fingerprint density at radius 1 is 1.50 bits per heavy atom. The third-order valence-corrected chi connectivity index (χ3v) is 4.25. The van der Waals surface area contributed by atoms with Crippen LogP contribution >= 0.6 is 11.6 Å². The van der Waals surface area contributed by atoms with Crippen molar-refractivity contribution in [1.82, 2.24) is 5.32 Å². The highest BCUT2D eigenvalue weighted by Gasteiger charge is 2.34. The Hall–Kier alpha value is -1.13. The number of nitro benzene ring substituents is 1. The molecule has 0 heterocycles. The molecule has 1 fully saturated rings. The van der Waals surface area contributed by atoms with Crippen molar-refractivity contribution < 1.29 is 4.92 Å². The second-order valence-corrected chi connectivity index (χ2v) is 5.28. The van der Waals surface area contributed by atoms with Crippen LogP contribution in [0.1, 0.15) is 38.2 Å². The molecular weight excluding hydrogens is 252 g/mol. The van der Waals surface area contributed by atoms with E-state index in [0.29, 0.717) is 11.6 Å². The van der Waals surface area contributed by atoms with Crippen molar-refractivity contribution in [1.29, 1.82) is 0 Å². The lowest BCUT2D eigenvalue weighted by atomic mass is 9.75. The van der Waals surface area contributed by atoms with Crippen molar-refractivity contribution in [2.75, 3.05) is 0 Å². The average molecular weight is 269 g/mol. The third kappa shape index (κ3) is 2.65. The van der Waals surface area contributed by atoms with E-state index >= 15 is 0 Å². The van der Waals surface area contributed by atoms with Gasteiger partial charge in [0.25, 0.3) is 5.69 Å². The van der Waals surface area contributed by atoms with Gasteiger partial charge in [0.05, 0.1) is 4.92 Å². The predicted octanol–water partition coefficient (Wildman–Crippen LogP) is 3.67. The number of hydrogen-bond donors (Lipinski definition) is 1. The van der Waals surface area contributed by atoms with Crippen LogP contribution in [0.2, 0.25) is 5.02 Å². The van der Waals surface area contributed by atoms with Gasteiger partial charge in [-0.15, -0.1) is 0 Å². The summed E-state index contributed by atoms with van der Waals surface area (Å²) in [6.07, 6.45) is 4.69. The van der Waals surface area contributed by atoms with Gasteiger partial charge in [-0.05, 0) is 37.3 Å². The zero-order valence-corrected chi connectivity index (χ0v) is 11.2. The Morgan fingerprint density at radius 2 is 2.22 bits per heavy atom. The molecule has 0 bridgehead atoms. The number of non-ortho nitro benzene ring substituents is 1. The number of benzene rings is 1. The molecular formula is C13H17ClN2O2. The molecule has 0 unspecified atom stereocenters. The van der Waals surface area contributed by atoms with Gasteiger partial charge in [0, 0.05) is 29.2 Å². The van der Waals surface area contributed by atoms with E-state index in [-0.39, 0.29) is 11.2 Å². The van der Waals surface area contributed by atoms with Crippen LogP contribution in [0.25, 0.3) is 0 Å². The molecule has 5 heteroatoms. The zero-order chi connectivity index (χ0) is 13.2. The minimum Gasteiger partial charge on any atom is -0.307 e. The number of nitrogens with one attached hydrogen (secondary N) is 1. The summed E-state index contributed by atoms with van der Waals surface area (Å²) in [6, 6.07) is 4.58. The Kier molecular flexibility index (Phi) is 3.88. The number of nitro groups is 1. The Bertz CT molecular complexity index is 453. The fourth-order valence-electron chi connectivity index (χ4n) is 2.35. The third-order valence-electron chi connectivity index (χ3n) is 3.88. The molecule has 1 aliphatic rings. The fourth-order valence-corrected chi connectivity index (χ4v) is 2.54. The molecule has 4 nitrogen and oxygen atoms in total. The van der Waals surface area contributed by atoms with Gasteiger partial charge in [0.2, 0.25) is 0 Å². The lowest BCUT2D eigenvalue weighted by molar-refractivity contribution is -0.384. The van der Waals surface area contributed by atoms with Gasteiger partial charge in [-0.1, -0.05) is 18.5 Å². The van der Waals surface area contributed by atoms with E-state index in [1.807, 2.05) is 0 Å². The number of hydrogen-bond acceptors (Lipinski definition) is 3. The van der Waals surface area contributed by atoms with Crippen LogP contribution in [-0.2, 0) is 6.54 Å². The van der Waals surface area contributed by atoms with Crippen molar-refractivity contribution in [3.63, 3.8) is 0 Å². The summed E-state index contributed by atoms with van der Waals surface area (Å²) >= 11 is 6.07. The lowest BCUT2D eigenvalue weighted by Gasteiger charge is -2.42. The van der Waals surface area contributed by atoms with E-state index < -0.39 is 4.92 Å². The quantitative estimate of drug-likeness (QED) is 0.655. The molecule has 0 aliphatic heterocycles. The molecule has 1 aromatic carbocycles. The Labute approximate surface area is 111 Å². The van der Waals surface area contributed by atoms with Gasteiger partial charge in [0.15, 0.2) is 0 Å². The van der Waals surface area contributed by atoms with Gasteiger partial charge in [-0.3, -0.25) is 10.1 Å². The first-order valence-electron chi connectivity index (χ1n) is 6.24. The molecule has 0 amide bonds. The van der Waals surface area contributed by atoms with E-state index in [2.05, 4.69) is 12.2 Å². The highest BCUT2D eigenvalue weighted by Crippen LogP contribution is 2.35. The normalized spacial score (nSPS) is 17.2. The fraction of sp³-hybridized carbons (Fsp3) is 0.538. The Morgan fingerprint density at radius 3 is 2.72 bits per heavy atom. The largest absolute Gasteiger partial charge is 0.307 e. The molecule has 98 valence electrons. The highest BCUT2D eigenvalue weighted by atomic mass is 35.5. The molecule has 0 radical (unpaired) electrons. The first-order valence-corrected chi connectivity index (χ1v) is 6.62. The zero-order valence-electron chi connectivity index (χ0n) is 10.4. The summed E-state index contributed by atoms with van der Waals surface area (Å²) in [7, 11) is 0. The number of rotatable bonds is 5. The topological polar surface area (TPSA) is 55.2 Å². The smallest absolute Gasteiger partial charge is 0.269 e.